The van der Waals surface area contributed by atoms with Crippen molar-refractivity contribution in [3.05, 3.63) is 0 Å². The lowest BCUT2D eigenvalue weighted by Gasteiger charge is -2.39. The van der Waals surface area contributed by atoms with E-state index >= 15 is 0 Å². The van der Waals surface area contributed by atoms with Crippen molar-refractivity contribution in [3.63, 3.8) is 0 Å². The predicted molar refractivity (Wildman–Crippen MR) is 81.1 cm³/mol. The standard InChI is InChI=1S/C17H33NO/c1-4-5-14-7-9-16(18)17(11-14)19-15-8-6-12(2)13(3)10-15/h12-17H,4-11,18H2,1-3H3. The average molecular weight is 267 g/mol. The van der Waals surface area contributed by atoms with Crippen LogP contribution in [-0.4, -0.2) is 18.2 Å². The molecule has 0 aromatic rings. The van der Waals surface area contributed by atoms with Gasteiger partial charge in [0.15, 0.2) is 0 Å². The molecule has 2 rings (SSSR count). The first kappa shape index (κ1) is 15.3. The molecular formula is C17H33NO. The molecule has 2 saturated carbocycles. The largest absolute Gasteiger partial charge is 0.373 e. The second-order valence-electron chi connectivity index (χ2n) is 7.20. The van der Waals surface area contributed by atoms with Gasteiger partial charge in [0.25, 0.3) is 0 Å². The summed E-state index contributed by atoms with van der Waals surface area (Å²) < 4.78 is 6.41. The van der Waals surface area contributed by atoms with Crippen molar-refractivity contribution in [2.45, 2.75) is 90.4 Å². The molecule has 0 aromatic heterocycles. The zero-order valence-corrected chi connectivity index (χ0v) is 13.1. The molecule has 2 nitrogen and oxygen atoms in total. The minimum absolute atomic E-state index is 0.280. The summed E-state index contributed by atoms with van der Waals surface area (Å²) in [5.41, 5.74) is 6.29. The molecule has 0 saturated heterocycles. The smallest absolute Gasteiger partial charge is 0.0732 e. The molecule has 0 aliphatic heterocycles. The van der Waals surface area contributed by atoms with Gasteiger partial charge in [0.1, 0.15) is 0 Å². The van der Waals surface area contributed by atoms with Crippen LogP contribution in [0.1, 0.15) is 72.1 Å². The van der Waals surface area contributed by atoms with E-state index in [2.05, 4.69) is 20.8 Å². The van der Waals surface area contributed by atoms with E-state index in [0.717, 1.165) is 24.2 Å². The van der Waals surface area contributed by atoms with Crippen LogP contribution in [0.25, 0.3) is 0 Å². The molecule has 0 aromatic carbocycles. The molecule has 19 heavy (non-hydrogen) atoms. The van der Waals surface area contributed by atoms with Crippen molar-refractivity contribution in [3.8, 4) is 0 Å². The number of hydrogen-bond donors (Lipinski definition) is 1. The van der Waals surface area contributed by atoms with Gasteiger partial charge in [-0.15, -0.1) is 0 Å². The van der Waals surface area contributed by atoms with Gasteiger partial charge < -0.3 is 10.5 Å². The molecule has 2 aliphatic rings. The van der Waals surface area contributed by atoms with Gasteiger partial charge in [-0.2, -0.15) is 0 Å². The quantitative estimate of drug-likeness (QED) is 0.831. The fraction of sp³-hybridized carbons (Fsp3) is 1.00. The van der Waals surface area contributed by atoms with E-state index in [0.29, 0.717) is 12.2 Å². The highest BCUT2D eigenvalue weighted by molar-refractivity contribution is 4.85. The third-order valence-corrected chi connectivity index (χ3v) is 5.57. The second-order valence-corrected chi connectivity index (χ2v) is 7.20. The Bertz CT molecular complexity index is 268. The topological polar surface area (TPSA) is 35.2 Å². The summed E-state index contributed by atoms with van der Waals surface area (Å²) in [6.45, 7) is 7.04. The zero-order chi connectivity index (χ0) is 13.8. The van der Waals surface area contributed by atoms with Crippen molar-refractivity contribution in [2.24, 2.45) is 23.5 Å². The molecular weight excluding hydrogens is 234 g/mol. The van der Waals surface area contributed by atoms with Crippen LogP contribution < -0.4 is 5.73 Å². The van der Waals surface area contributed by atoms with Crippen molar-refractivity contribution >= 4 is 0 Å². The Labute approximate surface area is 119 Å². The Morgan fingerprint density at radius 2 is 1.79 bits per heavy atom. The van der Waals surface area contributed by atoms with Crippen LogP contribution in [0.4, 0.5) is 0 Å². The van der Waals surface area contributed by atoms with Crippen LogP contribution in [0.5, 0.6) is 0 Å². The fourth-order valence-electron chi connectivity index (χ4n) is 3.93. The van der Waals surface area contributed by atoms with E-state index in [-0.39, 0.29) is 6.04 Å². The summed E-state index contributed by atoms with van der Waals surface area (Å²) in [4.78, 5) is 0. The molecule has 0 amide bonds. The van der Waals surface area contributed by atoms with Gasteiger partial charge >= 0.3 is 0 Å². The van der Waals surface area contributed by atoms with Gasteiger partial charge in [0, 0.05) is 6.04 Å². The average Bonchev–Trinajstić information content (AvgIpc) is 2.38. The van der Waals surface area contributed by atoms with E-state index in [1.165, 1.54) is 44.9 Å². The van der Waals surface area contributed by atoms with Gasteiger partial charge in [0.05, 0.1) is 12.2 Å². The van der Waals surface area contributed by atoms with Crippen molar-refractivity contribution in [1.82, 2.24) is 0 Å². The molecule has 2 heteroatoms. The van der Waals surface area contributed by atoms with Crippen LogP contribution in [-0.2, 0) is 4.74 Å². The minimum atomic E-state index is 0.280. The van der Waals surface area contributed by atoms with Gasteiger partial charge in [0.2, 0.25) is 0 Å². The van der Waals surface area contributed by atoms with E-state index in [1.807, 2.05) is 0 Å². The summed E-state index contributed by atoms with van der Waals surface area (Å²) in [5, 5.41) is 0. The second kappa shape index (κ2) is 7.08. The summed E-state index contributed by atoms with van der Waals surface area (Å²) in [7, 11) is 0. The molecule has 2 N–H and O–H groups in total. The van der Waals surface area contributed by atoms with Gasteiger partial charge in [-0.1, -0.05) is 33.6 Å². The maximum Gasteiger partial charge on any atom is 0.0732 e. The molecule has 0 radical (unpaired) electrons. The highest BCUT2D eigenvalue weighted by Crippen LogP contribution is 2.35. The summed E-state index contributed by atoms with van der Waals surface area (Å²) in [6.07, 6.45) is 10.9. The van der Waals surface area contributed by atoms with Crippen LogP contribution in [0.3, 0.4) is 0 Å². The summed E-state index contributed by atoms with van der Waals surface area (Å²) >= 11 is 0. The monoisotopic (exact) mass is 267 g/mol. The Balaban J connectivity index is 1.83. The van der Waals surface area contributed by atoms with Crippen LogP contribution in [0, 0.1) is 17.8 Å². The first-order valence-electron chi connectivity index (χ1n) is 8.51. The Kier molecular flexibility index (Phi) is 5.70. The molecule has 0 bridgehead atoms. The molecule has 0 spiro atoms. The third kappa shape index (κ3) is 4.19. The first-order chi connectivity index (χ1) is 9.10. The SMILES string of the molecule is CCCC1CCC(N)C(OC2CCC(C)C(C)C2)C1. The van der Waals surface area contributed by atoms with Crippen LogP contribution in [0.15, 0.2) is 0 Å². The lowest BCUT2D eigenvalue weighted by molar-refractivity contribution is -0.0767. The summed E-state index contributed by atoms with van der Waals surface area (Å²) in [6, 6.07) is 0.280. The maximum absolute atomic E-state index is 6.41. The van der Waals surface area contributed by atoms with E-state index in [1.54, 1.807) is 0 Å². The normalized spacial score (nSPS) is 44.2. The lowest BCUT2D eigenvalue weighted by Crippen LogP contribution is -2.44. The number of ether oxygens (including phenoxy) is 1. The van der Waals surface area contributed by atoms with Crippen molar-refractivity contribution in [2.75, 3.05) is 0 Å². The van der Waals surface area contributed by atoms with E-state index in [4.69, 9.17) is 10.5 Å². The van der Waals surface area contributed by atoms with Gasteiger partial charge in [-0.3, -0.25) is 0 Å². The highest BCUT2D eigenvalue weighted by atomic mass is 16.5. The van der Waals surface area contributed by atoms with E-state index < -0.39 is 0 Å². The van der Waals surface area contributed by atoms with Crippen molar-refractivity contribution in [1.29, 1.82) is 0 Å². The number of rotatable bonds is 4. The van der Waals surface area contributed by atoms with Crippen molar-refractivity contribution < 1.29 is 4.74 Å². The number of hydrogen-bond acceptors (Lipinski definition) is 2. The molecule has 2 fully saturated rings. The van der Waals surface area contributed by atoms with Gasteiger partial charge in [-0.05, 0) is 56.3 Å². The minimum Gasteiger partial charge on any atom is -0.373 e. The van der Waals surface area contributed by atoms with Crippen LogP contribution >= 0.6 is 0 Å². The molecule has 112 valence electrons. The van der Waals surface area contributed by atoms with Crippen LogP contribution in [0.2, 0.25) is 0 Å². The van der Waals surface area contributed by atoms with Gasteiger partial charge in [-0.25, -0.2) is 0 Å². The molecule has 6 unspecified atom stereocenters. The number of nitrogens with two attached hydrogens (primary N) is 1. The Morgan fingerprint density at radius 3 is 2.47 bits per heavy atom. The highest BCUT2D eigenvalue weighted by Gasteiger charge is 2.32. The first-order valence-corrected chi connectivity index (χ1v) is 8.51. The lowest BCUT2D eigenvalue weighted by atomic mass is 9.79. The molecule has 2 aliphatic carbocycles. The zero-order valence-electron chi connectivity index (χ0n) is 13.1. The molecule has 6 atom stereocenters. The maximum atomic E-state index is 6.41. The Morgan fingerprint density at radius 1 is 1.00 bits per heavy atom. The predicted octanol–water partition coefficient (Wildman–Crippen LogP) is 4.12. The summed E-state index contributed by atoms with van der Waals surface area (Å²) in [5.74, 6) is 2.53. The Hall–Kier alpha value is -0.0800. The van der Waals surface area contributed by atoms with E-state index in [9.17, 15) is 0 Å². The fourth-order valence-corrected chi connectivity index (χ4v) is 3.93. The third-order valence-electron chi connectivity index (χ3n) is 5.57. The molecule has 0 heterocycles.